The van der Waals surface area contributed by atoms with E-state index in [9.17, 15) is 0 Å². The van der Waals surface area contributed by atoms with E-state index in [1.165, 1.54) is 11.3 Å². The third-order valence-corrected chi connectivity index (χ3v) is 3.82. The van der Waals surface area contributed by atoms with Crippen LogP contribution < -0.4 is 10.2 Å². The van der Waals surface area contributed by atoms with Crippen molar-refractivity contribution in [1.29, 1.82) is 0 Å². The monoisotopic (exact) mass is 293 g/mol. The molecule has 0 aliphatic rings. The standard InChI is InChI=1S/C17H31N3O/c1-6-16(7-2)20(10-11-21-5)17-13-18-9-8-15(17)12-19-14(3)4/h8-9,13-14,16,19H,6-7,10-12H2,1-5H3. The van der Waals surface area contributed by atoms with Gasteiger partial charge in [0.05, 0.1) is 18.5 Å². The number of hydrogen-bond acceptors (Lipinski definition) is 4. The van der Waals surface area contributed by atoms with E-state index in [0.29, 0.717) is 12.1 Å². The summed E-state index contributed by atoms with van der Waals surface area (Å²) in [6.07, 6.45) is 6.13. The summed E-state index contributed by atoms with van der Waals surface area (Å²) in [5, 5.41) is 3.50. The van der Waals surface area contributed by atoms with Gasteiger partial charge in [0, 0.05) is 38.5 Å². The number of anilines is 1. The van der Waals surface area contributed by atoms with Crippen LogP contribution in [0.15, 0.2) is 18.5 Å². The molecule has 0 radical (unpaired) electrons. The Bertz CT molecular complexity index is 391. The highest BCUT2D eigenvalue weighted by atomic mass is 16.5. The first kappa shape index (κ1) is 17.9. The number of hydrogen-bond donors (Lipinski definition) is 1. The first-order valence-electron chi connectivity index (χ1n) is 8.05. The maximum Gasteiger partial charge on any atom is 0.0637 e. The Hall–Kier alpha value is -1.13. The van der Waals surface area contributed by atoms with Crippen molar-refractivity contribution < 1.29 is 4.74 Å². The largest absolute Gasteiger partial charge is 0.383 e. The topological polar surface area (TPSA) is 37.4 Å². The van der Waals surface area contributed by atoms with Gasteiger partial charge in [-0.2, -0.15) is 0 Å². The minimum Gasteiger partial charge on any atom is -0.383 e. The lowest BCUT2D eigenvalue weighted by Gasteiger charge is -2.34. The molecule has 1 heterocycles. The fourth-order valence-corrected chi connectivity index (χ4v) is 2.56. The molecule has 4 nitrogen and oxygen atoms in total. The maximum absolute atomic E-state index is 5.29. The van der Waals surface area contributed by atoms with Gasteiger partial charge in [0.15, 0.2) is 0 Å². The molecule has 0 saturated carbocycles. The van der Waals surface area contributed by atoms with Crippen LogP contribution in [0.4, 0.5) is 5.69 Å². The van der Waals surface area contributed by atoms with Crippen LogP contribution in [-0.2, 0) is 11.3 Å². The van der Waals surface area contributed by atoms with Crippen molar-refractivity contribution in [3.8, 4) is 0 Å². The van der Waals surface area contributed by atoms with Crippen molar-refractivity contribution in [2.24, 2.45) is 0 Å². The van der Waals surface area contributed by atoms with Crippen molar-refractivity contribution in [3.63, 3.8) is 0 Å². The molecule has 120 valence electrons. The Morgan fingerprint density at radius 2 is 2.00 bits per heavy atom. The normalized spacial score (nSPS) is 11.4. The van der Waals surface area contributed by atoms with E-state index in [4.69, 9.17) is 4.74 Å². The summed E-state index contributed by atoms with van der Waals surface area (Å²) in [4.78, 5) is 6.79. The van der Waals surface area contributed by atoms with Gasteiger partial charge >= 0.3 is 0 Å². The lowest BCUT2D eigenvalue weighted by atomic mass is 10.1. The van der Waals surface area contributed by atoms with Crippen LogP contribution in [0, 0.1) is 0 Å². The summed E-state index contributed by atoms with van der Waals surface area (Å²) >= 11 is 0. The molecule has 0 aliphatic heterocycles. The Morgan fingerprint density at radius 3 is 2.57 bits per heavy atom. The summed E-state index contributed by atoms with van der Waals surface area (Å²) in [6, 6.07) is 3.13. The van der Waals surface area contributed by atoms with E-state index in [-0.39, 0.29) is 0 Å². The quantitative estimate of drug-likeness (QED) is 0.719. The minimum absolute atomic E-state index is 0.478. The van der Waals surface area contributed by atoms with E-state index in [2.05, 4.69) is 49.0 Å². The van der Waals surface area contributed by atoms with Gasteiger partial charge in [-0.15, -0.1) is 0 Å². The molecule has 0 unspecified atom stereocenters. The molecule has 1 N–H and O–H groups in total. The predicted molar refractivity (Wildman–Crippen MR) is 89.8 cm³/mol. The Morgan fingerprint density at radius 1 is 1.29 bits per heavy atom. The van der Waals surface area contributed by atoms with Crippen molar-refractivity contribution in [2.75, 3.05) is 25.2 Å². The van der Waals surface area contributed by atoms with E-state index in [1.54, 1.807) is 7.11 Å². The molecule has 1 rings (SSSR count). The van der Waals surface area contributed by atoms with Gasteiger partial charge in [-0.1, -0.05) is 27.7 Å². The molecule has 0 spiro atoms. The van der Waals surface area contributed by atoms with Crippen molar-refractivity contribution >= 4 is 5.69 Å². The number of nitrogens with one attached hydrogen (secondary N) is 1. The smallest absolute Gasteiger partial charge is 0.0637 e. The van der Waals surface area contributed by atoms with E-state index in [1.807, 2.05) is 12.4 Å². The zero-order chi connectivity index (χ0) is 15.7. The minimum atomic E-state index is 0.478. The van der Waals surface area contributed by atoms with Gasteiger partial charge in [-0.05, 0) is 24.5 Å². The van der Waals surface area contributed by atoms with Crippen LogP contribution in [0.2, 0.25) is 0 Å². The highest BCUT2D eigenvalue weighted by molar-refractivity contribution is 5.52. The van der Waals surface area contributed by atoms with Gasteiger partial charge in [-0.25, -0.2) is 0 Å². The fourth-order valence-electron chi connectivity index (χ4n) is 2.56. The molecule has 0 atom stereocenters. The van der Waals surface area contributed by atoms with Crippen molar-refractivity contribution in [1.82, 2.24) is 10.3 Å². The van der Waals surface area contributed by atoms with Gasteiger partial charge in [-0.3, -0.25) is 4.98 Å². The fraction of sp³-hybridized carbons (Fsp3) is 0.706. The number of nitrogens with zero attached hydrogens (tertiary/aromatic N) is 2. The number of pyridine rings is 1. The molecular formula is C17H31N3O. The molecule has 1 aromatic rings. The predicted octanol–water partition coefficient (Wildman–Crippen LogP) is 3.22. The second kappa shape index (κ2) is 9.74. The Balaban J connectivity index is 2.99. The van der Waals surface area contributed by atoms with Gasteiger partial charge < -0.3 is 15.0 Å². The lowest BCUT2D eigenvalue weighted by Crippen LogP contribution is -2.38. The molecular weight excluding hydrogens is 262 g/mol. The van der Waals surface area contributed by atoms with Crippen LogP contribution in [0.25, 0.3) is 0 Å². The number of aromatic nitrogens is 1. The number of methoxy groups -OCH3 is 1. The average Bonchev–Trinajstić information content (AvgIpc) is 2.50. The van der Waals surface area contributed by atoms with Crippen LogP contribution in [0.1, 0.15) is 46.1 Å². The van der Waals surface area contributed by atoms with Crippen molar-refractivity contribution in [2.45, 2.75) is 59.2 Å². The van der Waals surface area contributed by atoms with Gasteiger partial charge in [0.25, 0.3) is 0 Å². The zero-order valence-electron chi connectivity index (χ0n) is 14.2. The molecule has 0 aromatic carbocycles. The summed E-state index contributed by atoms with van der Waals surface area (Å²) < 4.78 is 5.29. The molecule has 0 saturated heterocycles. The maximum atomic E-state index is 5.29. The highest BCUT2D eigenvalue weighted by Crippen LogP contribution is 2.24. The lowest BCUT2D eigenvalue weighted by molar-refractivity contribution is 0.202. The first-order valence-corrected chi connectivity index (χ1v) is 8.05. The molecule has 1 aromatic heterocycles. The first-order chi connectivity index (χ1) is 10.1. The third kappa shape index (κ3) is 5.64. The van der Waals surface area contributed by atoms with E-state index >= 15 is 0 Å². The van der Waals surface area contributed by atoms with Crippen LogP contribution in [0.3, 0.4) is 0 Å². The van der Waals surface area contributed by atoms with Gasteiger partial charge in [0.2, 0.25) is 0 Å². The van der Waals surface area contributed by atoms with Crippen LogP contribution in [-0.4, -0.2) is 37.3 Å². The van der Waals surface area contributed by atoms with Gasteiger partial charge in [0.1, 0.15) is 0 Å². The molecule has 21 heavy (non-hydrogen) atoms. The average molecular weight is 293 g/mol. The van der Waals surface area contributed by atoms with Crippen LogP contribution in [0.5, 0.6) is 0 Å². The summed E-state index contributed by atoms with van der Waals surface area (Å²) in [5.74, 6) is 0. The molecule has 4 heteroatoms. The summed E-state index contributed by atoms with van der Waals surface area (Å²) in [7, 11) is 1.76. The summed E-state index contributed by atoms with van der Waals surface area (Å²) in [6.45, 7) is 11.4. The molecule has 0 amide bonds. The number of rotatable bonds is 10. The molecule has 0 bridgehead atoms. The van der Waals surface area contributed by atoms with E-state index < -0.39 is 0 Å². The zero-order valence-corrected chi connectivity index (χ0v) is 14.2. The molecule has 0 fully saturated rings. The second-order valence-electron chi connectivity index (χ2n) is 5.70. The number of ether oxygens (including phenoxy) is 1. The Kier molecular flexibility index (Phi) is 8.31. The third-order valence-electron chi connectivity index (χ3n) is 3.82. The highest BCUT2D eigenvalue weighted by Gasteiger charge is 2.18. The van der Waals surface area contributed by atoms with E-state index in [0.717, 1.165) is 32.5 Å². The Labute approximate surface area is 129 Å². The molecule has 0 aliphatic carbocycles. The van der Waals surface area contributed by atoms with Crippen molar-refractivity contribution in [3.05, 3.63) is 24.0 Å². The SMILES string of the molecule is CCC(CC)N(CCOC)c1cnccc1CNC(C)C. The second-order valence-corrected chi connectivity index (χ2v) is 5.70. The van der Waals surface area contributed by atoms with Crippen LogP contribution >= 0.6 is 0 Å². The summed E-state index contributed by atoms with van der Waals surface area (Å²) in [5.41, 5.74) is 2.54.